The Morgan fingerprint density at radius 3 is 2.81 bits per heavy atom. The van der Waals surface area contributed by atoms with Crippen LogP contribution in [0.4, 0.5) is 4.39 Å². The topological polar surface area (TPSA) is 47.8 Å². The molecule has 2 aromatic heterocycles. The van der Waals surface area contributed by atoms with Crippen LogP contribution in [0.15, 0.2) is 23.1 Å². The molecule has 0 amide bonds. The van der Waals surface area contributed by atoms with Gasteiger partial charge in [-0.25, -0.2) is 4.39 Å². The van der Waals surface area contributed by atoms with Gasteiger partial charge in [0.05, 0.1) is 6.54 Å². The van der Waals surface area contributed by atoms with Crippen LogP contribution in [0.3, 0.4) is 0 Å². The van der Waals surface area contributed by atoms with Crippen molar-refractivity contribution in [1.29, 1.82) is 0 Å². The summed E-state index contributed by atoms with van der Waals surface area (Å²) in [6, 6.07) is 2.35. The summed E-state index contributed by atoms with van der Waals surface area (Å²) in [6.45, 7) is 2.26. The number of aromatic nitrogens is 3. The summed E-state index contributed by atoms with van der Waals surface area (Å²) >= 11 is 1.44. The van der Waals surface area contributed by atoms with E-state index in [9.17, 15) is 9.18 Å². The van der Waals surface area contributed by atoms with Gasteiger partial charge in [-0.1, -0.05) is 18.3 Å². The largest absolute Gasteiger partial charge is 0.306 e. The molecule has 0 atom stereocenters. The molecular weight excluding hydrogens is 229 g/mol. The van der Waals surface area contributed by atoms with Crippen molar-refractivity contribution in [2.24, 2.45) is 0 Å². The van der Waals surface area contributed by atoms with Crippen molar-refractivity contribution < 1.29 is 4.39 Å². The Kier molecular flexibility index (Phi) is 3.09. The molecule has 0 aromatic carbocycles. The molecule has 6 heteroatoms. The molecular formula is C10H10FN3OS. The van der Waals surface area contributed by atoms with Gasteiger partial charge >= 0.3 is 0 Å². The maximum absolute atomic E-state index is 12.9. The number of hydrogen-bond donors (Lipinski definition) is 0. The van der Waals surface area contributed by atoms with Crippen LogP contribution >= 0.6 is 11.3 Å². The third-order valence-corrected chi connectivity index (χ3v) is 3.12. The van der Waals surface area contributed by atoms with E-state index >= 15 is 0 Å². The fourth-order valence-corrected chi connectivity index (χ4v) is 2.05. The van der Waals surface area contributed by atoms with Crippen molar-refractivity contribution in [2.45, 2.75) is 19.9 Å². The normalized spacial score (nSPS) is 10.6. The van der Waals surface area contributed by atoms with E-state index in [1.807, 2.05) is 6.92 Å². The van der Waals surface area contributed by atoms with E-state index in [4.69, 9.17) is 0 Å². The quantitative estimate of drug-likeness (QED) is 0.814. The Bertz CT molecular complexity index is 549. The van der Waals surface area contributed by atoms with E-state index in [1.54, 1.807) is 0 Å². The SMILES string of the molecule is CCc1nnc(Cn2cc(F)ccc2=O)s1. The maximum atomic E-state index is 12.9. The van der Waals surface area contributed by atoms with Crippen LogP contribution in [0.2, 0.25) is 0 Å². The van der Waals surface area contributed by atoms with E-state index in [2.05, 4.69) is 10.2 Å². The highest BCUT2D eigenvalue weighted by molar-refractivity contribution is 7.11. The predicted molar refractivity (Wildman–Crippen MR) is 59.0 cm³/mol. The first-order chi connectivity index (χ1) is 7.69. The molecule has 0 fully saturated rings. The van der Waals surface area contributed by atoms with E-state index in [0.717, 1.165) is 17.5 Å². The van der Waals surface area contributed by atoms with Gasteiger partial charge in [-0.3, -0.25) is 4.79 Å². The first-order valence-corrected chi connectivity index (χ1v) is 5.68. The van der Waals surface area contributed by atoms with Crippen molar-refractivity contribution in [2.75, 3.05) is 0 Å². The Hall–Kier alpha value is -1.56. The highest BCUT2D eigenvalue weighted by Gasteiger charge is 2.05. The lowest BCUT2D eigenvalue weighted by Crippen LogP contribution is -2.19. The monoisotopic (exact) mass is 239 g/mol. The van der Waals surface area contributed by atoms with Crippen LogP contribution in [0.5, 0.6) is 0 Å². The molecule has 0 spiro atoms. The molecule has 16 heavy (non-hydrogen) atoms. The number of pyridine rings is 1. The summed E-state index contributed by atoms with van der Waals surface area (Å²) in [6.07, 6.45) is 1.99. The van der Waals surface area contributed by atoms with Crippen molar-refractivity contribution in [3.63, 3.8) is 0 Å². The smallest absolute Gasteiger partial charge is 0.251 e. The van der Waals surface area contributed by atoms with E-state index in [0.29, 0.717) is 5.01 Å². The van der Waals surface area contributed by atoms with Gasteiger partial charge < -0.3 is 4.57 Å². The molecule has 2 rings (SSSR count). The van der Waals surface area contributed by atoms with Crippen molar-refractivity contribution in [3.8, 4) is 0 Å². The molecule has 0 aliphatic rings. The third-order valence-electron chi connectivity index (χ3n) is 2.06. The zero-order valence-electron chi connectivity index (χ0n) is 8.68. The molecule has 2 heterocycles. The highest BCUT2D eigenvalue weighted by atomic mass is 32.1. The van der Waals surface area contributed by atoms with E-state index < -0.39 is 5.82 Å². The minimum absolute atomic E-state index is 0.241. The first kappa shape index (κ1) is 10.9. The summed E-state index contributed by atoms with van der Waals surface area (Å²) in [5.74, 6) is -0.431. The lowest BCUT2D eigenvalue weighted by Gasteiger charge is -2.01. The second-order valence-electron chi connectivity index (χ2n) is 3.26. The summed E-state index contributed by atoms with van der Waals surface area (Å²) in [5.41, 5.74) is -0.241. The number of aryl methyl sites for hydroxylation is 1. The van der Waals surface area contributed by atoms with Gasteiger partial charge in [0.25, 0.3) is 5.56 Å². The molecule has 2 aromatic rings. The van der Waals surface area contributed by atoms with Crippen molar-refractivity contribution in [1.82, 2.24) is 14.8 Å². The first-order valence-electron chi connectivity index (χ1n) is 4.86. The maximum Gasteiger partial charge on any atom is 0.251 e. The second-order valence-corrected chi connectivity index (χ2v) is 4.40. The molecule has 0 aliphatic carbocycles. The predicted octanol–water partition coefficient (Wildman–Crippen LogP) is 1.45. The molecule has 0 radical (unpaired) electrons. The van der Waals surface area contributed by atoms with Gasteiger partial charge in [-0.2, -0.15) is 0 Å². The van der Waals surface area contributed by atoms with Gasteiger partial charge in [0, 0.05) is 12.3 Å². The minimum atomic E-state index is -0.431. The van der Waals surface area contributed by atoms with Crippen LogP contribution < -0.4 is 5.56 Å². The van der Waals surface area contributed by atoms with E-state index in [-0.39, 0.29) is 12.1 Å². The van der Waals surface area contributed by atoms with Crippen molar-refractivity contribution in [3.05, 3.63) is 44.5 Å². The molecule has 0 N–H and O–H groups in total. The lowest BCUT2D eigenvalue weighted by atomic mass is 10.4. The molecule has 0 aliphatic heterocycles. The zero-order chi connectivity index (χ0) is 11.5. The van der Waals surface area contributed by atoms with Gasteiger partial charge in [0.15, 0.2) is 0 Å². The fourth-order valence-electron chi connectivity index (χ4n) is 1.27. The molecule has 0 saturated heterocycles. The molecule has 0 bridgehead atoms. The summed E-state index contributed by atoms with van der Waals surface area (Å²) in [4.78, 5) is 11.4. The number of halogens is 1. The summed E-state index contributed by atoms with van der Waals surface area (Å²) in [5, 5.41) is 9.51. The van der Waals surface area contributed by atoms with Crippen LogP contribution in [-0.2, 0) is 13.0 Å². The fraction of sp³-hybridized carbons (Fsp3) is 0.300. The van der Waals surface area contributed by atoms with Crippen LogP contribution in [0.1, 0.15) is 16.9 Å². The van der Waals surface area contributed by atoms with Gasteiger partial charge in [0.1, 0.15) is 15.8 Å². The Morgan fingerprint density at radius 2 is 2.12 bits per heavy atom. The van der Waals surface area contributed by atoms with E-state index in [1.165, 1.54) is 28.2 Å². The highest BCUT2D eigenvalue weighted by Crippen LogP contribution is 2.10. The van der Waals surface area contributed by atoms with Crippen LogP contribution in [0.25, 0.3) is 0 Å². The van der Waals surface area contributed by atoms with Gasteiger partial charge in [0.2, 0.25) is 0 Å². The Balaban J connectivity index is 2.26. The summed E-state index contributed by atoms with van der Waals surface area (Å²) in [7, 11) is 0. The molecule has 0 unspecified atom stereocenters. The average Bonchev–Trinajstić information content (AvgIpc) is 2.71. The zero-order valence-corrected chi connectivity index (χ0v) is 9.50. The second kappa shape index (κ2) is 4.52. The van der Waals surface area contributed by atoms with Crippen LogP contribution in [0, 0.1) is 5.82 Å². The third kappa shape index (κ3) is 2.33. The molecule has 0 saturated carbocycles. The molecule has 4 nitrogen and oxygen atoms in total. The van der Waals surface area contributed by atoms with Gasteiger partial charge in [-0.15, -0.1) is 10.2 Å². The minimum Gasteiger partial charge on any atom is -0.306 e. The lowest BCUT2D eigenvalue weighted by molar-refractivity contribution is 0.594. The van der Waals surface area contributed by atoms with Crippen LogP contribution in [-0.4, -0.2) is 14.8 Å². The Labute approximate surface area is 95.4 Å². The Morgan fingerprint density at radius 1 is 1.38 bits per heavy atom. The number of rotatable bonds is 3. The number of hydrogen-bond acceptors (Lipinski definition) is 4. The molecule has 84 valence electrons. The summed E-state index contributed by atoms with van der Waals surface area (Å²) < 4.78 is 14.2. The standard InChI is InChI=1S/C10H10FN3OS/c1-2-8-12-13-9(16-8)6-14-5-7(11)3-4-10(14)15/h3-5H,2,6H2,1H3. The number of nitrogens with zero attached hydrogens (tertiary/aromatic N) is 3. The average molecular weight is 239 g/mol. The van der Waals surface area contributed by atoms with Crippen molar-refractivity contribution >= 4 is 11.3 Å². The van der Waals surface area contributed by atoms with Gasteiger partial charge in [-0.05, 0) is 12.5 Å².